The molecule has 1 fully saturated rings. The van der Waals surface area contributed by atoms with Crippen LogP contribution in [0, 0.1) is 0 Å². The lowest BCUT2D eigenvalue weighted by Crippen LogP contribution is -2.37. The molecule has 0 saturated carbocycles. The molecule has 0 unspecified atom stereocenters. The minimum absolute atomic E-state index is 0.102. The van der Waals surface area contributed by atoms with Crippen molar-refractivity contribution < 1.29 is 9.53 Å². The van der Waals surface area contributed by atoms with E-state index in [1.807, 2.05) is 18.2 Å². The average molecular weight is 328 g/mol. The first kappa shape index (κ1) is 16.6. The van der Waals surface area contributed by atoms with Gasteiger partial charge in [0.15, 0.2) is 5.69 Å². The topological polar surface area (TPSA) is 60.2 Å². The smallest absolute Gasteiger partial charge is 0.275 e. The highest BCUT2D eigenvalue weighted by molar-refractivity contribution is 5.91. The van der Waals surface area contributed by atoms with Gasteiger partial charge in [0.05, 0.1) is 12.3 Å². The van der Waals surface area contributed by atoms with Crippen molar-refractivity contribution in [1.29, 1.82) is 0 Å². The Labute approximate surface area is 142 Å². The zero-order chi connectivity index (χ0) is 16.8. The summed E-state index contributed by atoms with van der Waals surface area (Å²) in [7, 11) is 1.79. The SMILES string of the molecule is CN(C[C@H]1CCCCO1)C(=O)c1cn(CCc2ccccc2)nn1. The van der Waals surface area contributed by atoms with E-state index in [9.17, 15) is 4.79 Å². The summed E-state index contributed by atoms with van der Waals surface area (Å²) in [6.45, 7) is 2.11. The van der Waals surface area contributed by atoms with Crippen molar-refractivity contribution in [3.63, 3.8) is 0 Å². The number of carbonyl (C=O) groups excluding carboxylic acids is 1. The zero-order valence-corrected chi connectivity index (χ0v) is 14.1. The van der Waals surface area contributed by atoms with Crippen LogP contribution in [0.25, 0.3) is 0 Å². The van der Waals surface area contributed by atoms with E-state index in [1.54, 1.807) is 22.8 Å². The highest BCUT2D eigenvalue weighted by Crippen LogP contribution is 2.14. The maximum atomic E-state index is 12.5. The molecule has 0 spiro atoms. The number of aromatic nitrogens is 3. The number of ether oxygens (including phenoxy) is 1. The van der Waals surface area contributed by atoms with E-state index in [2.05, 4.69) is 22.4 Å². The predicted molar refractivity (Wildman–Crippen MR) is 90.7 cm³/mol. The van der Waals surface area contributed by atoms with Crippen LogP contribution in [0.3, 0.4) is 0 Å². The van der Waals surface area contributed by atoms with E-state index in [-0.39, 0.29) is 12.0 Å². The monoisotopic (exact) mass is 328 g/mol. The quantitative estimate of drug-likeness (QED) is 0.815. The van der Waals surface area contributed by atoms with Gasteiger partial charge in [0.2, 0.25) is 0 Å². The van der Waals surface area contributed by atoms with Crippen molar-refractivity contribution in [2.24, 2.45) is 0 Å². The Morgan fingerprint density at radius 2 is 2.17 bits per heavy atom. The lowest BCUT2D eigenvalue weighted by Gasteiger charge is -2.26. The van der Waals surface area contributed by atoms with Crippen molar-refractivity contribution >= 4 is 5.91 Å². The van der Waals surface area contributed by atoms with Gasteiger partial charge in [-0.05, 0) is 31.2 Å². The first-order valence-corrected chi connectivity index (χ1v) is 8.53. The van der Waals surface area contributed by atoms with Gasteiger partial charge in [0.25, 0.3) is 5.91 Å². The second-order valence-electron chi connectivity index (χ2n) is 6.28. The fraction of sp³-hybridized carbons (Fsp3) is 0.500. The lowest BCUT2D eigenvalue weighted by molar-refractivity contribution is -0.000293. The second-order valence-corrected chi connectivity index (χ2v) is 6.28. The fourth-order valence-electron chi connectivity index (χ4n) is 2.93. The van der Waals surface area contributed by atoms with Crippen LogP contribution >= 0.6 is 0 Å². The van der Waals surface area contributed by atoms with E-state index in [4.69, 9.17) is 4.74 Å². The number of nitrogens with zero attached hydrogens (tertiary/aromatic N) is 4. The number of likely N-dealkylation sites (N-methyl/N-ethyl adjacent to an activating group) is 1. The predicted octanol–water partition coefficient (Wildman–Crippen LogP) is 2.16. The average Bonchev–Trinajstić information content (AvgIpc) is 3.10. The molecule has 0 aliphatic carbocycles. The van der Waals surface area contributed by atoms with E-state index in [1.165, 1.54) is 12.0 Å². The standard InChI is InChI=1S/C18H24N4O2/c1-21(13-16-9-5-6-12-24-16)18(23)17-14-22(20-19-17)11-10-15-7-3-2-4-8-15/h2-4,7-8,14,16H,5-6,9-13H2,1H3/t16-/m1/s1. The molecule has 0 bridgehead atoms. The van der Waals surface area contributed by atoms with E-state index in [0.717, 1.165) is 25.9 Å². The van der Waals surface area contributed by atoms with Crippen LogP contribution in [-0.4, -0.2) is 52.1 Å². The van der Waals surface area contributed by atoms with Gasteiger partial charge in [0, 0.05) is 26.7 Å². The number of carbonyl (C=O) groups is 1. The molecular weight excluding hydrogens is 304 g/mol. The third kappa shape index (κ3) is 4.41. The molecule has 1 aromatic heterocycles. The van der Waals surface area contributed by atoms with Crippen LogP contribution in [0.5, 0.6) is 0 Å². The van der Waals surface area contributed by atoms with E-state index in [0.29, 0.717) is 18.8 Å². The first-order valence-electron chi connectivity index (χ1n) is 8.53. The molecular formula is C18H24N4O2. The molecule has 1 aliphatic heterocycles. The summed E-state index contributed by atoms with van der Waals surface area (Å²) in [6.07, 6.45) is 6.03. The molecule has 24 heavy (non-hydrogen) atoms. The normalized spacial score (nSPS) is 17.6. The van der Waals surface area contributed by atoms with Gasteiger partial charge in [-0.15, -0.1) is 5.10 Å². The maximum Gasteiger partial charge on any atom is 0.275 e. The van der Waals surface area contributed by atoms with Crippen molar-refractivity contribution in [2.45, 2.75) is 38.3 Å². The number of hydrogen-bond donors (Lipinski definition) is 0. The van der Waals surface area contributed by atoms with E-state index >= 15 is 0 Å². The van der Waals surface area contributed by atoms with Gasteiger partial charge in [-0.3, -0.25) is 9.48 Å². The molecule has 1 saturated heterocycles. The molecule has 6 heteroatoms. The minimum atomic E-state index is -0.102. The Balaban J connectivity index is 1.52. The van der Waals surface area contributed by atoms with Gasteiger partial charge in [0.1, 0.15) is 0 Å². The van der Waals surface area contributed by atoms with Crippen LogP contribution in [0.1, 0.15) is 35.3 Å². The Bertz CT molecular complexity index is 650. The van der Waals surface area contributed by atoms with Crippen molar-refractivity contribution in [3.05, 3.63) is 47.8 Å². The third-order valence-corrected chi connectivity index (χ3v) is 4.33. The van der Waals surface area contributed by atoms with Gasteiger partial charge in [-0.25, -0.2) is 0 Å². The van der Waals surface area contributed by atoms with Crippen molar-refractivity contribution in [2.75, 3.05) is 20.2 Å². The second kappa shape index (κ2) is 8.06. The van der Waals surface area contributed by atoms with Crippen LogP contribution in [0.2, 0.25) is 0 Å². The summed E-state index contributed by atoms with van der Waals surface area (Å²) in [4.78, 5) is 14.1. The van der Waals surface area contributed by atoms with Crippen LogP contribution in [0.15, 0.2) is 36.5 Å². The Morgan fingerprint density at radius 3 is 2.92 bits per heavy atom. The molecule has 1 amide bonds. The summed E-state index contributed by atoms with van der Waals surface area (Å²) < 4.78 is 7.42. The number of amides is 1. The number of hydrogen-bond acceptors (Lipinski definition) is 4. The molecule has 2 heterocycles. The third-order valence-electron chi connectivity index (χ3n) is 4.33. The number of benzene rings is 1. The Kier molecular flexibility index (Phi) is 5.59. The Hall–Kier alpha value is -2.21. The highest BCUT2D eigenvalue weighted by atomic mass is 16.5. The van der Waals surface area contributed by atoms with Crippen molar-refractivity contribution in [3.8, 4) is 0 Å². The number of rotatable bonds is 6. The number of aryl methyl sites for hydroxylation is 2. The van der Waals surface area contributed by atoms with Gasteiger partial charge in [-0.1, -0.05) is 35.5 Å². The van der Waals surface area contributed by atoms with Crippen LogP contribution < -0.4 is 0 Å². The highest BCUT2D eigenvalue weighted by Gasteiger charge is 2.21. The zero-order valence-electron chi connectivity index (χ0n) is 14.1. The summed E-state index contributed by atoms with van der Waals surface area (Å²) in [5, 5.41) is 8.09. The Morgan fingerprint density at radius 1 is 1.33 bits per heavy atom. The minimum Gasteiger partial charge on any atom is -0.376 e. The molecule has 0 radical (unpaired) electrons. The molecule has 1 aromatic carbocycles. The first-order chi connectivity index (χ1) is 11.7. The molecule has 3 rings (SSSR count). The molecule has 0 N–H and O–H groups in total. The molecule has 1 atom stereocenters. The molecule has 6 nitrogen and oxygen atoms in total. The van der Waals surface area contributed by atoms with Crippen molar-refractivity contribution in [1.82, 2.24) is 19.9 Å². The molecule has 2 aromatic rings. The molecule has 128 valence electrons. The maximum absolute atomic E-state index is 12.5. The lowest BCUT2D eigenvalue weighted by atomic mass is 10.1. The largest absolute Gasteiger partial charge is 0.376 e. The summed E-state index contributed by atoms with van der Waals surface area (Å²) >= 11 is 0. The van der Waals surface area contributed by atoms with Crippen LogP contribution in [-0.2, 0) is 17.7 Å². The van der Waals surface area contributed by atoms with Gasteiger partial charge < -0.3 is 9.64 Å². The van der Waals surface area contributed by atoms with E-state index < -0.39 is 0 Å². The fourth-order valence-corrected chi connectivity index (χ4v) is 2.93. The summed E-state index contributed by atoms with van der Waals surface area (Å²) in [6, 6.07) is 10.2. The molecule has 1 aliphatic rings. The summed E-state index contributed by atoms with van der Waals surface area (Å²) in [5.41, 5.74) is 1.63. The van der Waals surface area contributed by atoms with Gasteiger partial charge in [-0.2, -0.15) is 0 Å². The van der Waals surface area contributed by atoms with Crippen LogP contribution in [0.4, 0.5) is 0 Å². The van der Waals surface area contributed by atoms with Gasteiger partial charge >= 0.3 is 0 Å². The summed E-state index contributed by atoms with van der Waals surface area (Å²) in [5.74, 6) is -0.102.